The van der Waals surface area contributed by atoms with Crippen molar-refractivity contribution in [2.75, 3.05) is 26.2 Å². The molecule has 0 radical (unpaired) electrons. The summed E-state index contributed by atoms with van der Waals surface area (Å²) in [5.41, 5.74) is 0.130. The van der Waals surface area contributed by atoms with Crippen molar-refractivity contribution in [3.8, 4) is 0 Å². The summed E-state index contributed by atoms with van der Waals surface area (Å²) >= 11 is 0. The quantitative estimate of drug-likeness (QED) is 0.800. The Balaban J connectivity index is 1.68. The van der Waals surface area contributed by atoms with Gasteiger partial charge in [0.1, 0.15) is 0 Å². The van der Waals surface area contributed by atoms with Gasteiger partial charge in [0, 0.05) is 37.7 Å². The van der Waals surface area contributed by atoms with Crippen LogP contribution in [0.2, 0.25) is 0 Å². The van der Waals surface area contributed by atoms with Crippen LogP contribution in [0.1, 0.15) is 65.2 Å². The zero-order valence-corrected chi connectivity index (χ0v) is 14.4. The van der Waals surface area contributed by atoms with Crippen LogP contribution in [0.25, 0.3) is 0 Å². The summed E-state index contributed by atoms with van der Waals surface area (Å²) in [4.78, 5) is 17.3. The number of ether oxygens (including phenoxy) is 1. The SMILES string of the molecule is CC[C@H](C)N1CCC[C@@]2(CCC(=O)N2C[C@@H]2CCCO2)CC1. The lowest BCUT2D eigenvalue weighted by Gasteiger charge is -2.39. The normalized spacial score (nSPS) is 35.3. The Labute approximate surface area is 135 Å². The monoisotopic (exact) mass is 308 g/mol. The van der Waals surface area contributed by atoms with Crippen molar-refractivity contribution in [3.63, 3.8) is 0 Å². The van der Waals surface area contributed by atoms with Gasteiger partial charge in [-0.05, 0) is 58.4 Å². The largest absolute Gasteiger partial charge is 0.376 e. The summed E-state index contributed by atoms with van der Waals surface area (Å²) in [5, 5.41) is 0. The van der Waals surface area contributed by atoms with E-state index >= 15 is 0 Å². The number of rotatable bonds is 4. The predicted octanol–water partition coefficient (Wildman–Crippen LogP) is 2.81. The van der Waals surface area contributed by atoms with E-state index in [0.29, 0.717) is 11.9 Å². The maximum absolute atomic E-state index is 12.5. The molecular weight excluding hydrogens is 276 g/mol. The van der Waals surface area contributed by atoms with Crippen molar-refractivity contribution in [1.29, 1.82) is 0 Å². The average molecular weight is 308 g/mol. The minimum atomic E-state index is 0.130. The van der Waals surface area contributed by atoms with Crippen molar-refractivity contribution in [1.82, 2.24) is 9.80 Å². The highest BCUT2D eigenvalue weighted by Crippen LogP contribution is 2.40. The summed E-state index contributed by atoms with van der Waals surface area (Å²) in [6.07, 6.45) is 9.13. The van der Waals surface area contributed by atoms with Gasteiger partial charge in [-0.15, -0.1) is 0 Å². The van der Waals surface area contributed by atoms with Gasteiger partial charge in [0.2, 0.25) is 5.91 Å². The minimum Gasteiger partial charge on any atom is -0.376 e. The van der Waals surface area contributed by atoms with Crippen LogP contribution < -0.4 is 0 Å². The molecular formula is C18H32N2O2. The molecule has 0 aliphatic carbocycles. The number of nitrogens with zero attached hydrogens (tertiary/aromatic N) is 2. The molecule has 126 valence electrons. The van der Waals surface area contributed by atoms with Crippen LogP contribution in [0.4, 0.5) is 0 Å². The highest BCUT2D eigenvalue weighted by molar-refractivity contribution is 5.79. The third kappa shape index (κ3) is 3.18. The van der Waals surface area contributed by atoms with E-state index < -0.39 is 0 Å². The van der Waals surface area contributed by atoms with Gasteiger partial charge < -0.3 is 14.5 Å². The lowest BCUT2D eigenvalue weighted by molar-refractivity contribution is -0.133. The first-order valence-corrected chi connectivity index (χ1v) is 9.31. The number of hydrogen-bond acceptors (Lipinski definition) is 3. The van der Waals surface area contributed by atoms with Gasteiger partial charge in [0.15, 0.2) is 0 Å². The Hall–Kier alpha value is -0.610. The Morgan fingerprint density at radius 1 is 1.27 bits per heavy atom. The molecule has 1 spiro atoms. The fraction of sp³-hybridized carbons (Fsp3) is 0.944. The second-order valence-corrected chi connectivity index (χ2v) is 7.51. The first-order valence-electron chi connectivity index (χ1n) is 9.31. The van der Waals surface area contributed by atoms with Crippen LogP contribution in [-0.2, 0) is 9.53 Å². The van der Waals surface area contributed by atoms with Crippen LogP contribution in [0, 0.1) is 0 Å². The van der Waals surface area contributed by atoms with Crippen molar-refractivity contribution in [2.24, 2.45) is 0 Å². The Bertz CT molecular complexity index is 395. The van der Waals surface area contributed by atoms with E-state index in [9.17, 15) is 4.79 Å². The molecule has 4 heteroatoms. The Morgan fingerprint density at radius 3 is 2.86 bits per heavy atom. The van der Waals surface area contributed by atoms with Crippen molar-refractivity contribution in [3.05, 3.63) is 0 Å². The highest BCUT2D eigenvalue weighted by atomic mass is 16.5. The van der Waals surface area contributed by atoms with Crippen LogP contribution in [0.15, 0.2) is 0 Å². The third-order valence-electron chi connectivity index (χ3n) is 6.25. The Morgan fingerprint density at radius 2 is 2.14 bits per heavy atom. The van der Waals surface area contributed by atoms with Crippen LogP contribution in [0.3, 0.4) is 0 Å². The molecule has 3 aliphatic heterocycles. The molecule has 0 aromatic carbocycles. The summed E-state index contributed by atoms with van der Waals surface area (Å²) < 4.78 is 5.80. The number of amides is 1. The maximum atomic E-state index is 12.5. The van der Waals surface area contributed by atoms with E-state index in [4.69, 9.17) is 4.74 Å². The lowest BCUT2D eigenvalue weighted by atomic mass is 9.87. The summed E-state index contributed by atoms with van der Waals surface area (Å²) in [7, 11) is 0. The van der Waals surface area contributed by atoms with E-state index in [0.717, 1.165) is 51.8 Å². The molecule has 3 rings (SSSR count). The molecule has 3 fully saturated rings. The first kappa shape index (κ1) is 16.3. The third-order valence-corrected chi connectivity index (χ3v) is 6.25. The molecule has 0 aromatic heterocycles. The van der Waals surface area contributed by atoms with Crippen molar-refractivity contribution in [2.45, 2.75) is 82.9 Å². The smallest absolute Gasteiger partial charge is 0.223 e. The van der Waals surface area contributed by atoms with Crippen LogP contribution in [-0.4, -0.2) is 59.6 Å². The number of likely N-dealkylation sites (tertiary alicyclic amines) is 2. The summed E-state index contributed by atoms with van der Waals surface area (Å²) in [5.74, 6) is 0.368. The van der Waals surface area contributed by atoms with Gasteiger partial charge in [-0.1, -0.05) is 6.92 Å². The zero-order valence-electron chi connectivity index (χ0n) is 14.4. The van der Waals surface area contributed by atoms with Crippen LogP contribution >= 0.6 is 0 Å². The molecule has 3 saturated heterocycles. The summed E-state index contributed by atoms with van der Waals surface area (Å²) in [6.45, 7) is 8.66. The molecule has 0 unspecified atom stereocenters. The average Bonchev–Trinajstić information content (AvgIpc) is 3.07. The van der Waals surface area contributed by atoms with Gasteiger partial charge in [0.25, 0.3) is 0 Å². The second kappa shape index (κ2) is 6.88. The van der Waals surface area contributed by atoms with Gasteiger partial charge in [-0.25, -0.2) is 0 Å². The standard InChI is InChI=1S/C18H32N2O2/c1-3-15(2)19-11-5-8-18(10-12-19)9-7-17(21)20(18)14-16-6-4-13-22-16/h15-16H,3-14H2,1-2H3/t15-,16-,18+/m0/s1. The molecule has 3 heterocycles. The molecule has 0 bridgehead atoms. The van der Waals surface area contributed by atoms with E-state index in [1.54, 1.807) is 0 Å². The first-order chi connectivity index (χ1) is 10.6. The topological polar surface area (TPSA) is 32.8 Å². The van der Waals surface area contributed by atoms with E-state index in [2.05, 4.69) is 23.6 Å². The van der Waals surface area contributed by atoms with E-state index in [1.807, 2.05) is 0 Å². The fourth-order valence-corrected chi connectivity index (χ4v) is 4.58. The minimum absolute atomic E-state index is 0.130. The fourth-order valence-electron chi connectivity index (χ4n) is 4.58. The van der Waals surface area contributed by atoms with Gasteiger partial charge in [-0.2, -0.15) is 0 Å². The molecule has 0 saturated carbocycles. The molecule has 4 nitrogen and oxygen atoms in total. The maximum Gasteiger partial charge on any atom is 0.223 e. The number of hydrogen-bond donors (Lipinski definition) is 0. The highest BCUT2D eigenvalue weighted by Gasteiger charge is 2.46. The zero-order chi connectivity index (χ0) is 15.6. The van der Waals surface area contributed by atoms with E-state index in [1.165, 1.54) is 25.8 Å². The molecule has 3 atom stereocenters. The van der Waals surface area contributed by atoms with Gasteiger partial charge in [-0.3, -0.25) is 4.79 Å². The molecule has 0 N–H and O–H groups in total. The Kier molecular flexibility index (Phi) is 5.08. The molecule has 22 heavy (non-hydrogen) atoms. The van der Waals surface area contributed by atoms with Crippen LogP contribution in [0.5, 0.6) is 0 Å². The predicted molar refractivity (Wildman–Crippen MR) is 87.8 cm³/mol. The summed E-state index contributed by atoms with van der Waals surface area (Å²) in [6, 6.07) is 0.666. The van der Waals surface area contributed by atoms with Gasteiger partial charge >= 0.3 is 0 Å². The number of carbonyl (C=O) groups is 1. The number of carbonyl (C=O) groups excluding carboxylic acids is 1. The lowest BCUT2D eigenvalue weighted by Crippen LogP contribution is -2.49. The van der Waals surface area contributed by atoms with Crippen molar-refractivity contribution < 1.29 is 9.53 Å². The van der Waals surface area contributed by atoms with Gasteiger partial charge in [0.05, 0.1) is 6.10 Å². The molecule has 1 amide bonds. The molecule has 0 aromatic rings. The second-order valence-electron chi connectivity index (χ2n) is 7.51. The van der Waals surface area contributed by atoms with Crippen molar-refractivity contribution >= 4 is 5.91 Å². The molecule has 3 aliphatic rings. The van der Waals surface area contributed by atoms with E-state index in [-0.39, 0.29) is 11.6 Å².